The first kappa shape index (κ1) is 12.7. The number of halogens is 1. The smallest absolute Gasteiger partial charge is 0.165 e. The number of hydrogen-bond acceptors (Lipinski definition) is 2. The first-order valence-electron chi connectivity index (χ1n) is 6.28. The Hall–Kier alpha value is -0.700. The molecule has 1 aliphatic rings. The molecule has 1 aliphatic carbocycles. The standard InChI is InChI=1S/C14H19BrO2/c1-2-16-13-5-3-4-12(10-15)14(13)17-9-8-11-6-7-11/h3-5,11H,2,6-10H2,1H3. The van der Waals surface area contributed by atoms with Crippen LogP contribution in [0.5, 0.6) is 11.5 Å². The first-order chi connectivity index (χ1) is 8.35. The van der Waals surface area contributed by atoms with Crippen LogP contribution in [0.3, 0.4) is 0 Å². The number of alkyl halides is 1. The maximum atomic E-state index is 5.91. The monoisotopic (exact) mass is 298 g/mol. The lowest BCUT2D eigenvalue weighted by Crippen LogP contribution is -2.03. The number of ether oxygens (including phenoxy) is 2. The third kappa shape index (κ3) is 3.63. The Kier molecular flexibility index (Phi) is 4.72. The summed E-state index contributed by atoms with van der Waals surface area (Å²) in [6.07, 6.45) is 3.92. The van der Waals surface area contributed by atoms with Gasteiger partial charge in [-0.3, -0.25) is 0 Å². The second-order valence-electron chi connectivity index (χ2n) is 4.39. The molecule has 1 saturated carbocycles. The Balaban J connectivity index is 2.03. The van der Waals surface area contributed by atoms with E-state index in [4.69, 9.17) is 9.47 Å². The fraction of sp³-hybridized carbons (Fsp3) is 0.571. The van der Waals surface area contributed by atoms with Gasteiger partial charge in [0.2, 0.25) is 0 Å². The summed E-state index contributed by atoms with van der Waals surface area (Å²) in [6, 6.07) is 6.06. The third-order valence-corrected chi connectivity index (χ3v) is 3.58. The molecule has 1 aromatic rings. The van der Waals surface area contributed by atoms with E-state index in [1.807, 2.05) is 19.1 Å². The molecule has 1 aromatic carbocycles. The van der Waals surface area contributed by atoms with Crippen LogP contribution >= 0.6 is 15.9 Å². The summed E-state index contributed by atoms with van der Waals surface area (Å²) in [4.78, 5) is 0. The second-order valence-corrected chi connectivity index (χ2v) is 4.95. The van der Waals surface area contributed by atoms with Gasteiger partial charge in [0.1, 0.15) is 0 Å². The molecule has 0 N–H and O–H groups in total. The lowest BCUT2D eigenvalue weighted by atomic mass is 10.2. The molecule has 2 rings (SSSR count). The highest BCUT2D eigenvalue weighted by Gasteiger charge is 2.21. The number of rotatable bonds is 7. The molecule has 0 atom stereocenters. The molecule has 2 nitrogen and oxygen atoms in total. The predicted molar refractivity (Wildman–Crippen MR) is 73.1 cm³/mol. The molecule has 0 radical (unpaired) electrons. The summed E-state index contributed by atoms with van der Waals surface area (Å²) in [5.41, 5.74) is 1.16. The van der Waals surface area contributed by atoms with E-state index < -0.39 is 0 Å². The average molecular weight is 299 g/mol. The molecule has 1 fully saturated rings. The number of hydrogen-bond donors (Lipinski definition) is 0. The normalized spacial score (nSPS) is 14.7. The summed E-state index contributed by atoms with van der Waals surface area (Å²) in [5.74, 6) is 2.67. The van der Waals surface area contributed by atoms with Crippen LogP contribution in [0, 0.1) is 5.92 Å². The third-order valence-electron chi connectivity index (χ3n) is 2.97. The van der Waals surface area contributed by atoms with Crippen molar-refractivity contribution in [2.24, 2.45) is 5.92 Å². The van der Waals surface area contributed by atoms with E-state index in [1.54, 1.807) is 0 Å². The Bertz CT molecular complexity index is 361. The number of para-hydroxylation sites is 1. The largest absolute Gasteiger partial charge is 0.490 e. The van der Waals surface area contributed by atoms with Crippen molar-refractivity contribution in [2.45, 2.75) is 31.5 Å². The van der Waals surface area contributed by atoms with Gasteiger partial charge in [-0.25, -0.2) is 0 Å². The molecular formula is C14H19BrO2. The van der Waals surface area contributed by atoms with E-state index in [0.29, 0.717) is 6.61 Å². The van der Waals surface area contributed by atoms with Crippen LogP contribution in [0.1, 0.15) is 31.7 Å². The molecule has 0 spiro atoms. The fourth-order valence-electron chi connectivity index (χ4n) is 1.83. The second kappa shape index (κ2) is 6.29. The molecular weight excluding hydrogens is 280 g/mol. The summed E-state index contributed by atoms with van der Waals surface area (Å²) in [5, 5.41) is 0.798. The Morgan fingerprint density at radius 3 is 2.76 bits per heavy atom. The zero-order valence-electron chi connectivity index (χ0n) is 10.2. The lowest BCUT2D eigenvalue weighted by Gasteiger charge is -2.14. The van der Waals surface area contributed by atoms with E-state index >= 15 is 0 Å². The fourth-order valence-corrected chi connectivity index (χ4v) is 2.28. The molecule has 0 heterocycles. The van der Waals surface area contributed by atoms with Crippen LogP contribution in [0.15, 0.2) is 18.2 Å². The summed E-state index contributed by atoms with van der Waals surface area (Å²) in [7, 11) is 0. The van der Waals surface area contributed by atoms with Gasteiger partial charge in [0.15, 0.2) is 11.5 Å². The molecule has 17 heavy (non-hydrogen) atoms. The van der Waals surface area contributed by atoms with Gasteiger partial charge in [-0.1, -0.05) is 40.9 Å². The van der Waals surface area contributed by atoms with E-state index in [1.165, 1.54) is 19.3 Å². The van der Waals surface area contributed by atoms with Gasteiger partial charge in [0, 0.05) is 10.9 Å². The van der Waals surface area contributed by atoms with E-state index in [9.17, 15) is 0 Å². The van der Waals surface area contributed by atoms with Crippen LogP contribution in [-0.2, 0) is 5.33 Å². The van der Waals surface area contributed by atoms with Crippen molar-refractivity contribution in [2.75, 3.05) is 13.2 Å². The minimum Gasteiger partial charge on any atom is -0.490 e. The molecule has 0 aliphatic heterocycles. The van der Waals surface area contributed by atoms with Gasteiger partial charge in [-0.2, -0.15) is 0 Å². The van der Waals surface area contributed by atoms with Crippen molar-refractivity contribution in [1.82, 2.24) is 0 Å². The van der Waals surface area contributed by atoms with Gasteiger partial charge in [-0.15, -0.1) is 0 Å². The highest BCUT2D eigenvalue weighted by atomic mass is 79.9. The zero-order valence-corrected chi connectivity index (χ0v) is 11.8. The SMILES string of the molecule is CCOc1cccc(CBr)c1OCCC1CC1. The van der Waals surface area contributed by atoms with Gasteiger partial charge in [0.05, 0.1) is 13.2 Å². The van der Waals surface area contributed by atoms with Crippen molar-refractivity contribution in [3.63, 3.8) is 0 Å². The highest BCUT2D eigenvalue weighted by Crippen LogP contribution is 2.35. The molecule has 0 saturated heterocycles. The molecule has 0 unspecified atom stereocenters. The van der Waals surface area contributed by atoms with Crippen LogP contribution in [0.2, 0.25) is 0 Å². The highest BCUT2D eigenvalue weighted by molar-refractivity contribution is 9.08. The maximum absolute atomic E-state index is 5.91. The summed E-state index contributed by atoms with van der Waals surface area (Å²) < 4.78 is 11.5. The van der Waals surface area contributed by atoms with Crippen LogP contribution in [0.25, 0.3) is 0 Å². The minimum absolute atomic E-state index is 0.671. The molecule has 0 aromatic heterocycles. The molecule has 3 heteroatoms. The van der Waals surface area contributed by atoms with E-state index in [-0.39, 0.29) is 0 Å². The van der Waals surface area contributed by atoms with Crippen molar-refractivity contribution < 1.29 is 9.47 Å². The van der Waals surface area contributed by atoms with Crippen LogP contribution < -0.4 is 9.47 Å². The maximum Gasteiger partial charge on any atom is 0.165 e. The molecule has 94 valence electrons. The Labute approximate surface area is 111 Å². The van der Waals surface area contributed by atoms with Gasteiger partial charge >= 0.3 is 0 Å². The lowest BCUT2D eigenvalue weighted by molar-refractivity contribution is 0.267. The molecule has 0 amide bonds. The van der Waals surface area contributed by atoms with Crippen molar-refractivity contribution in [3.05, 3.63) is 23.8 Å². The van der Waals surface area contributed by atoms with Crippen molar-refractivity contribution >= 4 is 15.9 Å². The first-order valence-corrected chi connectivity index (χ1v) is 7.40. The minimum atomic E-state index is 0.671. The van der Waals surface area contributed by atoms with Gasteiger partial charge < -0.3 is 9.47 Å². The van der Waals surface area contributed by atoms with Crippen LogP contribution in [0.4, 0.5) is 0 Å². The quantitative estimate of drug-likeness (QED) is 0.704. The summed E-state index contributed by atoms with van der Waals surface area (Å²) >= 11 is 3.49. The van der Waals surface area contributed by atoms with Crippen molar-refractivity contribution in [3.8, 4) is 11.5 Å². The topological polar surface area (TPSA) is 18.5 Å². The van der Waals surface area contributed by atoms with E-state index in [0.717, 1.165) is 34.9 Å². The van der Waals surface area contributed by atoms with Crippen LogP contribution in [-0.4, -0.2) is 13.2 Å². The summed E-state index contributed by atoms with van der Waals surface area (Å²) in [6.45, 7) is 3.47. The predicted octanol–water partition coefficient (Wildman–Crippen LogP) is 4.16. The van der Waals surface area contributed by atoms with Gasteiger partial charge in [0.25, 0.3) is 0 Å². The zero-order chi connectivity index (χ0) is 12.1. The Morgan fingerprint density at radius 1 is 1.29 bits per heavy atom. The van der Waals surface area contributed by atoms with Crippen molar-refractivity contribution in [1.29, 1.82) is 0 Å². The Morgan fingerprint density at radius 2 is 2.12 bits per heavy atom. The van der Waals surface area contributed by atoms with Gasteiger partial charge in [-0.05, 0) is 25.3 Å². The molecule has 0 bridgehead atoms. The van der Waals surface area contributed by atoms with E-state index in [2.05, 4.69) is 22.0 Å². The average Bonchev–Trinajstić information content (AvgIpc) is 3.15. The number of benzene rings is 1.